The Morgan fingerprint density at radius 2 is 2.09 bits per heavy atom. The van der Waals surface area contributed by atoms with Crippen molar-refractivity contribution in [2.24, 2.45) is 5.92 Å². The summed E-state index contributed by atoms with van der Waals surface area (Å²) >= 11 is 11.8. The van der Waals surface area contributed by atoms with E-state index in [0.29, 0.717) is 34.6 Å². The Morgan fingerprint density at radius 1 is 1.30 bits per heavy atom. The maximum atomic E-state index is 12.1. The Morgan fingerprint density at radius 3 is 2.78 bits per heavy atom. The molecular weight excluding hydrogens is 339 g/mol. The summed E-state index contributed by atoms with van der Waals surface area (Å²) in [6.07, 6.45) is 2.87. The molecule has 0 spiro atoms. The summed E-state index contributed by atoms with van der Waals surface area (Å²) < 4.78 is 0. The van der Waals surface area contributed by atoms with Gasteiger partial charge in [-0.25, -0.2) is 0 Å². The molecule has 0 radical (unpaired) electrons. The number of hydrogen-bond donors (Lipinski definition) is 2. The van der Waals surface area contributed by atoms with Crippen LogP contribution in [-0.4, -0.2) is 41.5 Å². The molecule has 1 aromatic rings. The molecule has 126 valence electrons. The number of amides is 1. The SMILES string of the molecule is O=C(O)CCC1CCCN(CC(=O)Nc2ccc(Cl)c(Cl)c2)C1. The number of nitrogens with one attached hydrogen (secondary N) is 1. The predicted molar refractivity (Wildman–Crippen MR) is 91.1 cm³/mol. The first-order valence-corrected chi connectivity index (χ1v) is 8.38. The van der Waals surface area contributed by atoms with Crippen molar-refractivity contribution in [1.29, 1.82) is 0 Å². The van der Waals surface area contributed by atoms with E-state index < -0.39 is 5.97 Å². The molecule has 1 heterocycles. The van der Waals surface area contributed by atoms with Crippen LogP contribution in [0.2, 0.25) is 10.0 Å². The number of nitrogens with zero attached hydrogens (tertiary/aromatic N) is 1. The number of carboxylic acid groups (broad SMARTS) is 1. The van der Waals surface area contributed by atoms with Gasteiger partial charge in [0.05, 0.1) is 16.6 Å². The molecule has 1 aliphatic heterocycles. The molecule has 1 amide bonds. The zero-order valence-electron chi connectivity index (χ0n) is 12.7. The average molecular weight is 359 g/mol. The zero-order chi connectivity index (χ0) is 16.8. The quantitative estimate of drug-likeness (QED) is 0.816. The standard InChI is InChI=1S/C16H20Cl2N2O3/c17-13-5-4-12(8-14(13)18)19-15(21)10-20-7-1-2-11(9-20)3-6-16(22)23/h4-5,8,11H,1-3,6-7,9-10H2,(H,19,21)(H,22,23). The molecule has 2 rings (SSSR count). The van der Waals surface area contributed by atoms with Crippen LogP contribution < -0.4 is 5.32 Å². The van der Waals surface area contributed by atoms with Gasteiger partial charge >= 0.3 is 5.97 Å². The zero-order valence-corrected chi connectivity index (χ0v) is 14.2. The van der Waals surface area contributed by atoms with E-state index in [1.54, 1.807) is 18.2 Å². The number of halogens is 2. The fourth-order valence-corrected chi connectivity index (χ4v) is 3.13. The normalized spacial score (nSPS) is 18.6. The second-order valence-corrected chi connectivity index (χ2v) is 6.67. The molecule has 1 aliphatic rings. The van der Waals surface area contributed by atoms with Gasteiger partial charge in [-0.1, -0.05) is 23.2 Å². The molecule has 0 aliphatic carbocycles. The Kier molecular flexibility index (Phi) is 6.69. The van der Waals surface area contributed by atoms with Crippen molar-refractivity contribution >= 4 is 40.8 Å². The van der Waals surface area contributed by atoms with Crippen LogP contribution in [0.15, 0.2) is 18.2 Å². The number of carboxylic acids is 1. The van der Waals surface area contributed by atoms with Crippen LogP contribution in [-0.2, 0) is 9.59 Å². The molecule has 1 saturated heterocycles. The van der Waals surface area contributed by atoms with E-state index >= 15 is 0 Å². The molecule has 7 heteroatoms. The minimum atomic E-state index is -0.764. The largest absolute Gasteiger partial charge is 0.481 e. The number of aliphatic carboxylic acids is 1. The van der Waals surface area contributed by atoms with E-state index in [1.165, 1.54) is 0 Å². The smallest absolute Gasteiger partial charge is 0.303 e. The molecule has 2 N–H and O–H groups in total. The second-order valence-electron chi connectivity index (χ2n) is 5.85. The Labute approximate surface area is 145 Å². The summed E-state index contributed by atoms with van der Waals surface area (Å²) in [6.45, 7) is 1.92. The maximum Gasteiger partial charge on any atom is 0.303 e. The van der Waals surface area contributed by atoms with E-state index in [4.69, 9.17) is 28.3 Å². The first kappa shape index (κ1) is 18.0. The number of hydrogen-bond acceptors (Lipinski definition) is 3. The summed E-state index contributed by atoms with van der Waals surface area (Å²) in [6, 6.07) is 4.97. The van der Waals surface area contributed by atoms with Gasteiger partial charge < -0.3 is 10.4 Å². The topological polar surface area (TPSA) is 69.6 Å². The lowest BCUT2D eigenvalue weighted by atomic mass is 9.93. The van der Waals surface area contributed by atoms with Gasteiger partial charge in [-0.2, -0.15) is 0 Å². The monoisotopic (exact) mass is 358 g/mol. The maximum absolute atomic E-state index is 12.1. The van der Waals surface area contributed by atoms with Gasteiger partial charge in [0.1, 0.15) is 0 Å². The van der Waals surface area contributed by atoms with Crippen molar-refractivity contribution < 1.29 is 14.7 Å². The Balaban J connectivity index is 1.82. The molecule has 1 aromatic carbocycles. The molecular formula is C16H20Cl2N2O3. The number of carbonyl (C=O) groups is 2. The number of anilines is 1. The third kappa shape index (κ3) is 6.01. The molecule has 0 aromatic heterocycles. The number of likely N-dealkylation sites (tertiary alicyclic amines) is 1. The van der Waals surface area contributed by atoms with Crippen LogP contribution in [0.1, 0.15) is 25.7 Å². The van der Waals surface area contributed by atoms with Crippen molar-refractivity contribution in [3.63, 3.8) is 0 Å². The van der Waals surface area contributed by atoms with Crippen molar-refractivity contribution in [3.05, 3.63) is 28.2 Å². The summed E-state index contributed by atoms with van der Waals surface area (Å²) in [7, 11) is 0. The molecule has 1 unspecified atom stereocenters. The highest BCUT2D eigenvalue weighted by Crippen LogP contribution is 2.25. The van der Waals surface area contributed by atoms with Crippen LogP contribution in [0.5, 0.6) is 0 Å². The molecule has 1 fully saturated rings. The number of rotatable bonds is 6. The van der Waals surface area contributed by atoms with Gasteiger partial charge in [0.25, 0.3) is 0 Å². The van der Waals surface area contributed by atoms with E-state index in [0.717, 1.165) is 25.9 Å². The van der Waals surface area contributed by atoms with Crippen LogP contribution in [0.4, 0.5) is 5.69 Å². The molecule has 23 heavy (non-hydrogen) atoms. The summed E-state index contributed by atoms with van der Waals surface area (Å²) in [5, 5.41) is 12.4. The highest BCUT2D eigenvalue weighted by atomic mass is 35.5. The van der Waals surface area contributed by atoms with E-state index in [9.17, 15) is 9.59 Å². The average Bonchev–Trinajstić information content (AvgIpc) is 2.49. The lowest BCUT2D eigenvalue weighted by Crippen LogP contribution is -2.40. The summed E-state index contributed by atoms with van der Waals surface area (Å²) in [5.41, 5.74) is 0.615. The van der Waals surface area contributed by atoms with Crippen LogP contribution in [0, 0.1) is 5.92 Å². The molecule has 0 bridgehead atoms. The van der Waals surface area contributed by atoms with Gasteiger partial charge in [-0.15, -0.1) is 0 Å². The van der Waals surface area contributed by atoms with Gasteiger partial charge in [0.15, 0.2) is 0 Å². The van der Waals surface area contributed by atoms with E-state index in [2.05, 4.69) is 10.2 Å². The van der Waals surface area contributed by atoms with Crippen LogP contribution in [0.25, 0.3) is 0 Å². The van der Waals surface area contributed by atoms with Crippen molar-refractivity contribution in [1.82, 2.24) is 4.90 Å². The lowest BCUT2D eigenvalue weighted by molar-refractivity contribution is -0.137. The Hall–Kier alpha value is -1.30. The van der Waals surface area contributed by atoms with Crippen molar-refractivity contribution in [2.75, 3.05) is 25.0 Å². The first-order chi connectivity index (χ1) is 10.9. The van der Waals surface area contributed by atoms with E-state index in [1.807, 2.05) is 0 Å². The summed E-state index contributed by atoms with van der Waals surface area (Å²) in [5.74, 6) is -0.528. The predicted octanol–water partition coefficient (Wildman–Crippen LogP) is 3.51. The highest BCUT2D eigenvalue weighted by Gasteiger charge is 2.22. The highest BCUT2D eigenvalue weighted by molar-refractivity contribution is 6.42. The number of piperidine rings is 1. The second kappa shape index (κ2) is 8.52. The third-order valence-corrected chi connectivity index (χ3v) is 4.68. The molecule has 1 atom stereocenters. The van der Waals surface area contributed by atoms with Crippen molar-refractivity contribution in [3.8, 4) is 0 Å². The Bertz CT molecular complexity index is 580. The van der Waals surface area contributed by atoms with E-state index in [-0.39, 0.29) is 12.3 Å². The first-order valence-electron chi connectivity index (χ1n) is 7.63. The summed E-state index contributed by atoms with van der Waals surface area (Å²) in [4.78, 5) is 24.9. The van der Waals surface area contributed by atoms with Crippen LogP contribution >= 0.6 is 23.2 Å². The molecule has 0 saturated carbocycles. The minimum Gasteiger partial charge on any atom is -0.481 e. The van der Waals surface area contributed by atoms with Gasteiger partial charge in [-0.05, 0) is 49.9 Å². The number of benzene rings is 1. The van der Waals surface area contributed by atoms with Crippen LogP contribution in [0.3, 0.4) is 0 Å². The minimum absolute atomic E-state index is 0.109. The molecule has 5 nitrogen and oxygen atoms in total. The van der Waals surface area contributed by atoms with Gasteiger partial charge in [-0.3, -0.25) is 14.5 Å². The van der Waals surface area contributed by atoms with Crippen molar-refractivity contribution in [2.45, 2.75) is 25.7 Å². The van der Waals surface area contributed by atoms with Gasteiger partial charge in [0.2, 0.25) is 5.91 Å². The fourth-order valence-electron chi connectivity index (χ4n) is 2.84. The fraction of sp³-hybridized carbons (Fsp3) is 0.500. The number of carbonyl (C=O) groups excluding carboxylic acids is 1. The van der Waals surface area contributed by atoms with Gasteiger partial charge in [0, 0.05) is 18.7 Å². The third-order valence-electron chi connectivity index (χ3n) is 3.94. The lowest BCUT2D eigenvalue weighted by Gasteiger charge is -2.32.